The second-order valence-corrected chi connectivity index (χ2v) is 3.19. The van der Waals surface area contributed by atoms with Crippen LogP contribution in [0.5, 0.6) is 0 Å². The van der Waals surface area contributed by atoms with E-state index in [0.717, 1.165) is 19.6 Å². The zero-order chi connectivity index (χ0) is 10.1. The molecule has 80 valence electrons. The van der Waals surface area contributed by atoms with E-state index in [1.165, 1.54) is 0 Å². The van der Waals surface area contributed by atoms with E-state index in [4.69, 9.17) is 15.3 Å². The fourth-order valence-electron chi connectivity index (χ4n) is 1.13. The first-order valence-electron chi connectivity index (χ1n) is 4.79. The van der Waals surface area contributed by atoms with Gasteiger partial charge in [0.05, 0.1) is 6.61 Å². The zero-order valence-electron chi connectivity index (χ0n) is 8.88. The Morgan fingerprint density at radius 1 is 1.46 bits per heavy atom. The molecule has 0 aromatic carbocycles. The van der Waals surface area contributed by atoms with Gasteiger partial charge in [-0.3, -0.25) is 11.3 Å². The van der Waals surface area contributed by atoms with E-state index in [0.29, 0.717) is 12.5 Å². The predicted molar refractivity (Wildman–Crippen MR) is 53.3 cm³/mol. The lowest BCUT2D eigenvalue weighted by Crippen LogP contribution is -2.43. The molecule has 0 fully saturated rings. The number of nitrogens with two attached hydrogens (primary N) is 1. The summed E-state index contributed by atoms with van der Waals surface area (Å²) in [6.45, 7) is 6.29. The molecule has 0 radical (unpaired) electrons. The van der Waals surface area contributed by atoms with Gasteiger partial charge in [-0.05, 0) is 19.3 Å². The molecule has 0 amide bonds. The fourth-order valence-corrected chi connectivity index (χ4v) is 1.13. The van der Waals surface area contributed by atoms with E-state index in [1.54, 1.807) is 7.11 Å². The predicted octanol–water partition coefficient (Wildman–Crippen LogP) is 0.527. The third kappa shape index (κ3) is 5.99. The van der Waals surface area contributed by atoms with Crippen LogP contribution in [0.3, 0.4) is 0 Å². The van der Waals surface area contributed by atoms with Crippen LogP contribution in [0.15, 0.2) is 0 Å². The van der Waals surface area contributed by atoms with Crippen molar-refractivity contribution in [1.29, 1.82) is 0 Å². The summed E-state index contributed by atoms with van der Waals surface area (Å²) in [6, 6.07) is 0.218. The summed E-state index contributed by atoms with van der Waals surface area (Å²) in [4.78, 5) is 0. The van der Waals surface area contributed by atoms with Gasteiger partial charge in [0.2, 0.25) is 0 Å². The molecule has 0 aliphatic heterocycles. The van der Waals surface area contributed by atoms with Gasteiger partial charge in [0, 0.05) is 26.4 Å². The molecule has 2 atom stereocenters. The van der Waals surface area contributed by atoms with Gasteiger partial charge in [-0.15, -0.1) is 0 Å². The molecule has 0 bridgehead atoms. The van der Waals surface area contributed by atoms with Crippen LogP contribution in [0, 0.1) is 5.92 Å². The molecule has 0 heterocycles. The van der Waals surface area contributed by atoms with Gasteiger partial charge in [0.25, 0.3) is 0 Å². The van der Waals surface area contributed by atoms with Gasteiger partial charge < -0.3 is 9.47 Å². The Morgan fingerprint density at radius 2 is 2.15 bits per heavy atom. The van der Waals surface area contributed by atoms with Crippen molar-refractivity contribution in [2.75, 3.05) is 26.9 Å². The molecule has 0 saturated heterocycles. The average molecular weight is 190 g/mol. The first kappa shape index (κ1) is 12.8. The Hall–Kier alpha value is -0.160. The summed E-state index contributed by atoms with van der Waals surface area (Å²) in [5, 5.41) is 0. The molecule has 3 N–H and O–H groups in total. The van der Waals surface area contributed by atoms with E-state index in [1.807, 2.05) is 6.92 Å². The molecule has 4 heteroatoms. The van der Waals surface area contributed by atoms with Gasteiger partial charge in [-0.1, -0.05) is 6.92 Å². The standard InChI is InChI=1S/C9H22N2O2/c1-4-13-7-9(11-10)8(2)5-6-12-3/h8-9,11H,4-7,10H2,1-3H3. The van der Waals surface area contributed by atoms with E-state index in [2.05, 4.69) is 12.3 Å². The van der Waals surface area contributed by atoms with Crippen LogP contribution >= 0.6 is 0 Å². The van der Waals surface area contributed by atoms with Crippen LogP contribution in [0.4, 0.5) is 0 Å². The monoisotopic (exact) mass is 190 g/mol. The molecular weight excluding hydrogens is 168 g/mol. The first-order valence-corrected chi connectivity index (χ1v) is 4.79. The van der Waals surface area contributed by atoms with Crippen LogP contribution < -0.4 is 11.3 Å². The van der Waals surface area contributed by atoms with E-state index in [9.17, 15) is 0 Å². The lowest BCUT2D eigenvalue weighted by molar-refractivity contribution is 0.0944. The van der Waals surface area contributed by atoms with Crippen molar-refractivity contribution in [2.45, 2.75) is 26.3 Å². The minimum atomic E-state index is 0.218. The van der Waals surface area contributed by atoms with Gasteiger partial charge in [0.15, 0.2) is 0 Å². The molecular formula is C9H22N2O2. The number of methoxy groups -OCH3 is 1. The van der Waals surface area contributed by atoms with Gasteiger partial charge in [0.1, 0.15) is 0 Å². The van der Waals surface area contributed by atoms with Gasteiger partial charge >= 0.3 is 0 Å². The lowest BCUT2D eigenvalue weighted by atomic mass is 10.00. The van der Waals surface area contributed by atoms with Crippen LogP contribution in [0.2, 0.25) is 0 Å². The van der Waals surface area contributed by atoms with Gasteiger partial charge in [-0.25, -0.2) is 0 Å². The smallest absolute Gasteiger partial charge is 0.0635 e. The summed E-state index contributed by atoms with van der Waals surface area (Å²) >= 11 is 0. The summed E-state index contributed by atoms with van der Waals surface area (Å²) < 4.78 is 10.3. The quantitative estimate of drug-likeness (QED) is 0.433. The second kappa shape index (κ2) is 8.44. The van der Waals surface area contributed by atoms with Crippen molar-refractivity contribution in [3.63, 3.8) is 0 Å². The van der Waals surface area contributed by atoms with Crippen LogP contribution in [-0.2, 0) is 9.47 Å². The Morgan fingerprint density at radius 3 is 2.62 bits per heavy atom. The number of hydrogen-bond donors (Lipinski definition) is 2. The Balaban J connectivity index is 3.63. The average Bonchev–Trinajstić information content (AvgIpc) is 2.16. The van der Waals surface area contributed by atoms with E-state index in [-0.39, 0.29) is 6.04 Å². The van der Waals surface area contributed by atoms with E-state index >= 15 is 0 Å². The highest BCUT2D eigenvalue weighted by atomic mass is 16.5. The topological polar surface area (TPSA) is 56.5 Å². The summed E-state index contributed by atoms with van der Waals surface area (Å²) in [5.74, 6) is 5.88. The molecule has 0 saturated carbocycles. The molecule has 0 spiro atoms. The van der Waals surface area contributed by atoms with Crippen LogP contribution in [0.1, 0.15) is 20.3 Å². The molecule has 0 aromatic rings. The normalized spacial score (nSPS) is 15.7. The number of nitrogens with one attached hydrogen (secondary N) is 1. The zero-order valence-corrected chi connectivity index (χ0v) is 8.88. The van der Waals surface area contributed by atoms with Crippen LogP contribution in [-0.4, -0.2) is 33.0 Å². The third-order valence-electron chi connectivity index (χ3n) is 2.18. The Labute approximate surface area is 80.7 Å². The molecule has 0 aliphatic rings. The Bertz CT molecular complexity index is 112. The minimum absolute atomic E-state index is 0.218. The molecule has 13 heavy (non-hydrogen) atoms. The van der Waals surface area contributed by atoms with E-state index < -0.39 is 0 Å². The van der Waals surface area contributed by atoms with Crippen LogP contribution in [0.25, 0.3) is 0 Å². The number of ether oxygens (including phenoxy) is 2. The number of hydrogen-bond acceptors (Lipinski definition) is 4. The highest BCUT2D eigenvalue weighted by molar-refractivity contribution is 4.70. The first-order chi connectivity index (χ1) is 6.26. The molecule has 0 rings (SSSR count). The van der Waals surface area contributed by atoms with Crippen molar-refractivity contribution in [3.05, 3.63) is 0 Å². The molecule has 2 unspecified atom stereocenters. The number of rotatable bonds is 8. The fraction of sp³-hybridized carbons (Fsp3) is 1.00. The molecule has 4 nitrogen and oxygen atoms in total. The van der Waals surface area contributed by atoms with Crippen molar-refractivity contribution in [1.82, 2.24) is 5.43 Å². The molecule has 0 aromatic heterocycles. The SMILES string of the molecule is CCOCC(NN)C(C)CCOC. The molecule has 0 aliphatic carbocycles. The Kier molecular flexibility index (Phi) is 8.33. The van der Waals surface area contributed by atoms with Crippen molar-refractivity contribution < 1.29 is 9.47 Å². The van der Waals surface area contributed by atoms with Crippen molar-refractivity contribution in [2.24, 2.45) is 11.8 Å². The second-order valence-electron chi connectivity index (χ2n) is 3.19. The van der Waals surface area contributed by atoms with Gasteiger partial charge in [-0.2, -0.15) is 0 Å². The highest BCUT2D eigenvalue weighted by Gasteiger charge is 2.15. The third-order valence-corrected chi connectivity index (χ3v) is 2.18. The maximum absolute atomic E-state index is 5.42. The summed E-state index contributed by atoms with van der Waals surface area (Å²) in [7, 11) is 1.71. The number of hydrazine groups is 1. The minimum Gasteiger partial charge on any atom is -0.385 e. The maximum Gasteiger partial charge on any atom is 0.0635 e. The lowest BCUT2D eigenvalue weighted by Gasteiger charge is -2.22. The summed E-state index contributed by atoms with van der Waals surface area (Å²) in [6.07, 6.45) is 0.998. The summed E-state index contributed by atoms with van der Waals surface area (Å²) in [5.41, 5.74) is 2.76. The van der Waals surface area contributed by atoms with Crippen molar-refractivity contribution in [3.8, 4) is 0 Å². The highest BCUT2D eigenvalue weighted by Crippen LogP contribution is 2.07. The maximum atomic E-state index is 5.42. The largest absolute Gasteiger partial charge is 0.385 e. The van der Waals surface area contributed by atoms with Crippen molar-refractivity contribution >= 4 is 0 Å².